The molecule has 0 aromatic heterocycles. The van der Waals surface area contributed by atoms with Crippen LogP contribution in [0.5, 0.6) is 0 Å². The van der Waals surface area contributed by atoms with Crippen LogP contribution in [0.1, 0.15) is 32.8 Å². The molecule has 2 heterocycles. The number of rotatable bonds is 5. The highest BCUT2D eigenvalue weighted by Crippen LogP contribution is 2.40. The summed E-state index contributed by atoms with van der Waals surface area (Å²) in [4.78, 5) is 0. The first kappa shape index (κ1) is 17.1. The fourth-order valence-electron chi connectivity index (χ4n) is 3.04. The molecule has 0 aliphatic carbocycles. The highest BCUT2D eigenvalue weighted by atomic mass is 35.5. The number of ether oxygens (including phenoxy) is 4. The van der Waals surface area contributed by atoms with Gasteiger partial charge in [0, 0.05) is 5.02 Å². The standard InChI is InChI=1S/C17H23ClO5/c1-4-12(19)13-14(15-16(21-13)23-17(2,3)22-15)20-9-10-7-5-6-8-11(10)18/h5-8,12-16,19H,4,9H2,1-3H3/t12-,13-,14+,15-,16-/m1/s1. The first-order valence-corrected chi connectivity index (χ1v) is 8.33. The zero-order valence-electron chi connectivity index (χ0n) is 13.6. The summed E-state index contributed by atoms with van der Waals surface area (Å²) in [5.41, 5.74) is 0.889. The molecular weight excluding hydrogens is 320 g/mol. The van der Waals surface area contributed by atoms with Crippen LogP contribution in [-0.2, 0) is 25.6 Å². The predicted octanol–water partition coefficient (Wildman–Crippen LogP) is 2.87. The Kier molecular flexibility index (Phi) is 4.97. The minimum atomic E-state index is -0.719. The maximum atomic E-state index is 10.2. The molecule has 6 heteroatoms. The van der Waals surface area contributed by atoms with Gasteiger partial charge in [-0.2, -0.15) is 0 Å². The Morgan fingerprint density at radius 3 is 2.74 bits per heavy atom. The van der Waals surface area contributed by atoms with Crippen LogP contribution >= 0.6 is 11.6 Å². The Balaban J connectivity index is 1.74. The molecule has 0 spiro atoms. The van der Waals surface area contributed by atoms with Gasteiger partial charge in [-0.3, -0.25) is 0 Å². The van der Waals surface area contributed by atoms with Crippen LogP contribution in [0.15, 0.2) is 24.3 Å². The second kappa shape index (κ2) is 6.67. The van der Waals surface area contributed by atoms with Crippen molar-refractivity contribution in [3.05, 3.63) is 34.9 Å². The fraction of sp³-hybridized carbons (Fsp3) is 0.647. The van der Waals surface area contributed by atoms with Gasteiger partial charge in [-0.1, -0.05) is 36.7 Å². The molecule has 3 rings (SSSR count). The summed E-state index contributed by atoms with van der Waals surface area (Å²) in [5, 5.41) is 10.9. The van der Waals surface area contributed by atoms with Crippen molar-refractivity contribution in [2.24, 2.45) is 0 Å². The van der Waals surface area contributed by atoms with Gasteiger partial charge in [-0.15, -0.1) is 0 Å². The Labute approximate surface area is 141 Å². The zero-order valence-corrected chi connectivity index (χ0v) is 14.3. The molecule has 1 aromatic carbocycles. The van der Waals surface area contributed by atoms with Crippen LogP contribution in [0.3, 0.4) is 0 Å². The highest BCUT2D eigenvalue weighted by Gasteiger charge is 2.56. The van der Waals surface area contributed by atoms with Crippen molar-refractivity contribution >= 4 is 11.6 Å². The Morgan fingerprint density at radius 1 is 1.30 bits per heavy atom. The molecule has 0 amide bonds. The largest absolute Gasteiger partial charge is 0.390 e. The number of hydrogen-bond donors (Lipinski definition) is 1. The molecule has 2 aliphatic rings. The maximum absolute atomic E-state index is 10.2. The summed E-state index contributed by atoms with van der Waals surface area (Å²) in [6.07, 6.45) is -1.83. The molecule has 0 bridgehead atoms. The summed E-state index contributed by atoms with van der Waals surface area (Å²) in [5.74, 6) is -0.719. The van der Waals surface area contributed by atoms with Crippen molar-refractivity contribution in [1.29, 1.82) is 0 Å². The minimum Gasteiger partial charge on any atom is -0.390 e. The van der Waals surface area contributed by atoms with Crippen molar-refractivity contribution < 1.29 is 24.1 Å². The number of halogens is 1. The number of hydrogen-bond acceptors (Lipinski definition) is 5. The lowest BCUT2D eigenvalue weighted by Crippen LogP contribution is -2.42. The minimum absolute atomic E-state index is 0.327. The van der Waals surface area contributed by atoms with Crippen molar-refractivity contribution in [3.8, 4) is 0 Å². The van der Waals surface area contributed by atoms with Crippen molar-refractivity contribution in [3.63, 3.8) is 0 Å². The van der Waals surface area contributed by atoms with Crippen LogP contribution in [0.25, 0.3) is 0 Å². The van der Waals surface area contributed by atoms with Gasteiger partial charge in [0.05, 0.1) is 12.7 Å². The number of aliphatic hydroxyl groups is 1. The third-order valence-corrected chi connectivity index (χ3v) is 4.58. The number of benzene rings is 1. The van der Waals surface area contributed by atoms with E-state index in [0.29, 0.717) is 18.1 Å². The van der Waals surface area contributed by atoms with Gasteiger partial charge in [-0.25, -0.2) is 0 Å². The molecule has 23 heavy (non-hydrogen) atoms. The summed E-state index contributed by atoms with van der Waals surface area (Å²) in [6.45, 7) is 5.91. The van der Waals surface area contributed by atoms with Crippen LogP contribution in [0.2, 0.25) is 5.02 Å². The lowest BCUT2D eigenvalue weighted by molar-refractivity contribution is -0.230. The van der Waals surface area contributed by atoms with Gasteiger partial charge in [-0.05, 0) is 31.9 Å². The van der Waals surface area contributed by atoms with Gasteiger partial charge < -0.3 is 24.1 Å². The lowest BCUT2D eigenvalue weighted by Gasteiger charge is -2.28. The van der Waals surface area contributed by atoms with Gasteiger partial charge in [0.1, 0.15) is 18.3 Å². The molecule has 0 saturated carbocycles. The quantitative estimate of drug-likeness (QED) is 0.891. The topological polar surface area (TPSA) is 57.2 Å². The lowest BCUT2D eigenvalue weighted by atomic mass is 10.0. The third kappa shape index (κ3) is 3.55. The molecular formula is C17H23ClO5. The molecule has 2 fully saturated rings. The van der Waals surface area contributed by atoms with E-state index >= 15 is 0 Å². The van der Waals surface area contributed by atoms with Crippen LogP contribution in [0, 0.1) is 0 Å². The van der Waals surface area contributed by atoms with E-state index in [1.165, 1.54) is 0 Å². The summed E-state index contributed by atoms with van der Waals surface area (Å²) in [7, 11) is 0. The van der Waals surface area contributed by atoms with E-state index in [0.717, 1.165) is 5.56 Å². The SMILES string of the molecule is CC[C@@H](O)[C@H]1O[C@@H]2OC(C)(C)O[C@@H]2[C@H]1OCc1ccccc1Cl. The van der Waals surface area contributed by atoms with Crippen LogP contribution in [0.4, 0.5) is 0 Å². The monoisotopic (exact) mass is 342 g/mol. The summed E-state index contributed by atoms with van der Waals surface area (Å²) >= 11 is 6.18. The molecule has 1 aromatic rings. The highest BCUT2D eigenvalue weighted by molar-refractivity contribution is 6.31. The van der Waals surface area contributed by atoms with Gasteiger partial charge in [0.25, 0.3) is 0 Å². The molecule has 1 N–H and O–H groups in total. The summed E-state index contributed by atoms with van der Waals surface area (Å²) in [6, 6.07) is 7.53. The van der Waals surface area contributed by atoms with Gasteiger partial charge >= 0.3 is 0 Å². The first-order chi connectivity index (χ1) is 10.9. The van der Waals surface area contributed by atoms with E-state index in [-0.39, 0.29) is 6.10 Å². The van der Waals surface area contributed by atoms with E-state index < -0.39 is 30.4 Å². The van der Waals surface area contributed by atoms with E-state index in [4.69, 9.17) is 30.5 Å². The van der Waals surface area contributed by atoms with Crippen LogP contribution in [-0.4, -0.2) is 41.6 Å². The average Bonchev–Trinajstić information content (AvgIpc) is 2.98. The molecule has 128 valence electrons. The molecule has 2 aliphatic heterocycles. The van der Waals surface area contributed by atoms with Crippen molar-refractivity contribution in [1.82, 2.24) is 0 Å². The Hall–Kier alpha value is -0.690. The maximum Gasteiger partial charge on any atom is 0.190 e. The van der Waals surface area contributed by atoms with Gasteiger partial charge in [0.15, 0.2) is 12.1 Å². The normalized spacial score (nSPS) is 33.6. The average molecular weight is 343 g/mol. The molecule has 5 atom stereocenters. The smallest absolute Gasteiger partial charge is 0.190 e. The fourth-order valence-corrected chi connectivity index (χ4v) is 3.23. The number of fused-ring (bicyclic) bond motifs is 1. The molecule has 5 nitrogen and oxygen atoms in total. The van der Waals surface area contributed by atoms with E-state index in [1.54, 1.807) is 0 Å². The van der Waals surface area contributed by atoms with Crippen molar-refractivity contribution in [2.45, 2.75) is 70.3 Å². The van der Waals surface area contributed by atoms with E-state index in [9.17, 15) is 5.11 Å². The Morgan fingerprint density at radius 2 is 2.04 bits per heavy atom. The van der Waals surface area contributed by atoms with Crippen molar-refractivity contribution in [2.75, 3.05) is 0 Å². The Bertz CT molecular complexity index is 550. The van der Waals surface area contributed by atoms with Gasteiger partial charge in [0.2, 0.25) is 0 Å². The second-order valence-corrected chi connectivity index (χ2v) is 6.82. The summed E-state index contributed by atoms with van der Waals surface area (Å²) < 4.78 is 23.5. The van der Waals surface area contributed by atoms with Crippen LogP contribution < -0.4 is 0 Å². The second-order valence-electron chi connectivity index (χ2n) is 6.41. The molecule has 2 saturated heterocycles. The number of aliphatic hydroxyl groups excluding tert-OH is 1. The van der Waals surface area contributed by atoms with E-state index in [1.807, 2.05) is 45.0 Å². The molecule has 0 unspecified atom stereocenters. The predicted molar refractivity (Wildman–Crippen MR) is 85.0 cm³/mol. The third-order valence-electron chi connectivity index (χ3n) is 4.21. The van der Waals surface area contributed by atoms with E-state index in [2.05, 4.69) is 0 Å². The zero-order chi connectivity index (χ0) is 16.6. The first-order valence-electron chi connectivity index (χ1n) is 7.95. The molecule has 0 radical (unpaired) electrons.